The Morgan fingerprint density at radius 2 is 2.05 bits per heavy atom. The molecule has 0 atom stereocenters. The molecular formula is C12H12FN3O2S. The number of halogens is 1. The van der Waals surface area contributed by atoms with Crippen molar-refractivity contribution in [3.05, 3.63) is 47.9 Å². The number of nitrogens with zero attached hydrogens (tertiary/aromatic N) is 1. The van der Waals surface area contributed by atoms with Gasteiger partial charge in [0.1, 0.15) is 11.6 Å². The summed E-state index contributed by atoms with van der Waals surface area (Å²) in [5, 5.41) is 0. The second-order valence-electron chi connectivity index (χ2n) is 3.99. The van der Waals surface area contributed by atoms with E-state index in [2.05, 4.69) is 9.71 Å². The van der Waals surface area contributed by atoms with Gasteiger partial charge in [0.2, 0.25) is 0 Å². The van der Waals surface area contributed by atoms with E-state index in [0.717, 1.165) is 6.07 Å². The molecule has 0 aliphatic carbocycles. The number of nitrogen functional groups attached to an aromatic ring is 1. The van der Waals surface area contributed by atoms with E-state index in [1.807, 2.05) is 0 Å². The highest BCUT2D eigenvalue weighted by Crippen LogP contribution is 2.18. The van der Waals surface area contributed by atoms with Gasteiger partial charge in [-0.05, 0) is 36.8 Å². The lowest BCUT2D eigenvalue weighted by atomic mass is 10.2. The summed E-state index contributed by atoms with van der Waals surface area (Å²) >= 11 is 0. The number of hydrogen-bond donors (Lipinski definition) is 2. The molecule has 2 aromatic rings. The van der Waals surface area contributed by atoms with Crippen molar-refractivity contribution in [1.29, 1.82) is 0 Å². The van der Waals surface area contributed by atoms with Gasteiger partial charge in [-0.15, -0.1) is 0 Å². The molecule has 100 valence electrons. The molecule has 0 fully saturated rings. The van der Waals surface area contributed by atoms with E-state index in [4.69, 9.17) is 5.73 Å². The van der Waals surface area contributed by atoms with Crippen molar-refractivity contribution in [2.24, 2.45) is 0 Å². The van der Waals surface area contributed by atoms with Crippen LogP contribution < -0.4 is 10.5 Å². The lowest BCUT2D eigenvalue weighted by molar-refractivity contribution is 0.595. The molecule has 7 heteroatoms. The Morgan fingerprint density at radius 3 is 2.68 bits per heavy atom. The van der Waals surface area contributed by atoms with E-state index in [0.29, 0.717) is 11.3 Å². The molecule has 0 unspecified atom stereocenters. The van der Waals surface area contributed by atoms with Gasteiger partial charge in [0.25, 0.3) is 10.0 Å². The van der Waals surface area contributed by atoms with Gasteiger partial charge in [0, 0.05) is 0 Å². The molecule has 5 nitrogen and oxygen atoms in total. The third-order valence-corrected chi connectivity index (χ3v) is 3.85. The summed E-state index contributed by atoms with van der Waals surface area (Å²) in [7, 11) is -3.86. The maximum atomic E-state index is 13.0. The van der Waals surface area contributed by atoms with Crippen LogP contribution in [-0.2, 0) is 10.0 Å². The van der Waals surface area contributed by atoms with Gasteiger partial charge in [-0.2, -0.15) is 0 Å². The predicted octanol–water partition coefficient (Wildman–Crippen LogP) is 1.91. The summed E-state index contributed by atoms with van der Waals surface area (Å²) in [4.78, 5) is 3.70. The highest BCUT2D eigenvalue weighted by Gasteiger charge is 2.15. The molecule has 0 bridgehead atoms. The standard InChI is InChI=1S/C12H12FN3O2S/c1-8-5-12(15-7-11(8)14)16-19(17,18)10-4-2-3-9(13)6-10/h2-7H,14H2,1H3,(H,15,16). The summed E-state index contributed by atoms with van der Waals surface area (Å²) in [6.07, 6.45) is 1.36. The normalized spacial score (nSPS) is 11.3. The third-order valence-electron chi connectivity index (χ3n) is 2.50. The van der Waals surface area contributed by atoms with E-state index >= 15 is 0 Å². The van der Waals surface area contributed by atoms with Gasteiger partial charge in [-0.3, -0.25) is 4.72 Å². The number of aromatic nitrogens is 1. The molecule has 0 radical (unpaired) electrons. The number of anilines is 2. The maximum Gasteiger partial charge on any atom is 0.263 e. The molecule has 0 spiro atoms. The van der Waals surface area contributed by atoms with Crippen LogP contribution >= 0.6 is 0 Å². The fraction of sp³-hybridized carbons (Fsp3) is 0.0833. The molecule has 0 amide bonds. The van der Waals surface area contributed by atoms with Crippen molar-refractivity contribution in [3.8, 4) is 0 Å². The fourth-order valence-electron chi connectivity index (χ4n) is 1.45. The number of hydrogen-bond acceptors (Lipinski definition) is 4. The Balaban J connectivity index is 2.33. The van der Waals surface area contributed by atoms with Crippen molar-refractivity contribution in [3.63, 3.8) is 0 Å². The lowest BCUT2D eigenvalue weighted by Crippen LogP contribution is -2.14. The van der Waals surface area contributed by atoms with Crippen LogP contribution in [0.3, 0.4) is 0 Å². The Morgan fingerprint density at radius 1 is 1.32 bits per heavy atom. The van der Waals surface area contributed by atoms with Crippen molar-refractivity contribution >= 4 is 21.5 Å². The van der Waals surface area contributed by atoms with Gasteiger partial charge in [0.05, 0.1) is 16.8 Å². The molecule has 1 heterocycles. The quantitative estimate of drug-likeness (QED) is 0.900. The van der Waals surface area contributed by atoms with Crippen LogP contribution in [0.25, 0.3) is 0 Å². The zero-order valence-electron chi connectivity index (χ0n) is 10.1. The van der Waals surface area contributed by atoms with E-state index in [9.17, 15) is 12.8 Å². The van der Waals surface area contributed by atoms with Crippen molar-refractivity contribution in [1.82, 2.24) is 4.98 Å². The van der Waals surface area contributed by atoms with Crippen molar-refractivity contribution in [2.45, 2.75) is 11.8 Å². The Kier molecular flexibility index (Phi) is 3.39. The maximum absolute atomic E-state index is 13.0. The summed E-state index contributed by atoms with van der Waals surface area (Å²) in [6, 6.07) is 6.24. The van der Waals surface area contributed by atoms with Gasteiger partial charge in [-0.25, -0.2) is 17.8 Å². The summed E-state index contributed by atoms with van der Waals surface area (Å²) < 4.78 is 39.3. The van der Waals surface area contributed by atoms with Crippen LogP contribution in [0.1, 0.15) is 5.56 Å². The van der Waals surface area contributed by atoms with Crippen molar-refractivity contribution in [2.75, 3.05) is 10.5 Å². The molecule has 0 aliphatic heterocycles. The van der Waals surface area contributed by atoms with E-state index in [1.165, 1.54) is 30.5 Å². The first-order valence-electron chi connectivity index (χ1n) is 5.39. The van der Waals surface area contributed by atoms with Gasteiger partial charge < -0.3 is 5.73 Å². The predicted molar refractivity (Wildman–Crippen MR) is 70.6 cm³/mol. The zero-order chi connectivity index (χ0) is 14.0. The molecule has 0 aliphatic rings. The van der Waals surface area contributed by atoms with E-state index in [-0.39, 0.29) is 10.7 Å². The second-order valence-corrected chi connectivity index (χ2v) is 5.67. The van der Waals surface area contributed by atoms with Crippen LogP contribution in [-0.4, -0.2) is 13.4 Å². The molecule has 1 aromatic carbocycles. The Labute approximate surface area is 110 Å². The summed E-state index contributed by atoms with van der Waals surface area (Å²) in [5.74, 6) is -0.486. The van der Waals surface area contributed by atoms with E-state index < -0.39 is 15.8 Å². The highest BCUT2D eigenvalue weighted by atomic mass is 32.2. The molecule has 2 rings (SSSR count). The number of benzene rings is 1. The summed E-state index contributed by atoms with van der Waals surface area (Å²) in [5.41, 5.74) is 6.76. The van der Waals surface area contributed by atoms with E-state index in [1.54, 1.807) is 6.92 Å². The molecule has 19 heavy (non-hydrogen) atoms. The molecule has 1 aromatic heterocycles. The number of sulfonamides is 1. The number of aryl methyl sites for hydroxylation is 1. The average Bonchev–Trinajstić information content (AvgIpc) is 2.33. The van der Waals surface area contributed by atoms with Gasteiger partial charge in [-0.1, -0.05) is 6.07 Å². The van der Waals surface area contributed by atoms with Crippen molar-refractivity contribution < 1.29 is 12.8 Å². The third kappa shape index (κ3) is 3.00. The number of nitrogens with two attached hydrogens (primary N) is 1. The minimum absolute atomic E-state index is 0.135. The van der Waals surface area contributed by atoms with Gasteiger partial charge >= 0.3 is 0 Å². The van der Waals surface area contributed by atoms with Crippen LogP contribution in [0.5, 0.6) is 0 Å². The first-order chi connectivity index (χ1) is 8.88. The van der Waals surface area contributed by atoms with Gasteiger partial charge in [0.15, 0.2) is 0 Å². The Hall–Kier alpha value is -2.15. The number of pyridine rings is 1. The average molecular weight is 281 g/mol. The second kappa shape index (κ2) is 4.85. The Bertz CT molecular complexity index is 717. The molecule has 0 saturated carbocycles. The largest absolute Gasteiger partial charge is 0.397 e. The number of rotatable bonds is 3. The molecule has 0 saturated heterocycles. The smallest absolute Gasteiger partial charge is 0.263 e. The minimum Gasteiger partial charge on any atom is -0.397 e. The van der Waals surface area contributed by atoms with Crippen LogP contribution in [0.4, 0.5) is 15.9 Å². The zero-order valence-corrected chi connectivity index (χ0v) is 10.9. The van der Waals surface area contributed by atoms with Crippen LogP contribution in [0.15, 0.2) is 41.4 Å². The molecular weight excluding hydrogens is 269 g/mol. The lowest BCUT2D eigenvalue weighted by Gasteiger charge is -2.08. The first-order valence-corrected chi connectivity index (χ1v) is 6.87. The minimum atomic E-state index is -3.86. The SMILES string of the molecule is Cc1cc(NS(=O)(=O)c2cccc(F)c2)ncc1N. The first kappa shape index (κ1) is 13.3. The summed E-state index contributed by atoms with van der Waals surface area (Å²) in [6.45, 7) is 1.73. The monoisotopic (exact) mass is 281 g/mol. The fourth-order valence-corrected chi connectivity index (χ4v) is 2.48. The molecule has 3 N–H and O–H groups in total. The van der Waals surface area contributed by atoms with Crippen LogP contribution in [0, 0.1) is 12.7 Å². The van der Waals surface area contributed by atoms with Crippen LogP contribution in [0.2, 0.25) is 0 Å². The topological polar surface area (TPSA) is 85.1 Å². The number of nitrogens with one attached hydrogen (secondary N) is 1. The highest BCUT2D eigenvalue weighted by molar-refractivity contribution is 7.92.